The number of hydrogen-bond donors (Lipinski definition) is 0. The first-order valence-electron chi connectivity index (χ1n) is 6.46. The summed E-state index contributed by atoms with van der Waals surface area (Å²) in [6.45, 7) is 6.55. The molecule has 0 aliphatic carbocycles. The molecule has 2 rings (SSSR count). The highest BCUT2D eigenvalue weighted by molar-refractivity contribution is 9.11. The van der Waals surface area contributed by atoms with Gasteiger partial charge in [-0.1, -0.05) is 36.6 Å². The van der Waals surface area contributed by atoms with Gasteiger partial charge in [-0.25, -0.2) is 0 Å². The largest absolute Gasteiger partial charge is 0.487 e. The zero-order valence-corrected chi connectivity index (χ0v) is 16.6. The van der Waals surface area contributed by atoms with Gasteiger partial charge in [0.25, 0.3) is 5.91 Å². The first-order chi connectivity index (χ1) is 10.5. The van der Waals surface area contributed by atoms with Gasteiger partial charge in [-0.3, -0.25) is 9.69 Å². The van der Waals surface area contributed by atoms with Crippen LogP contribution < -0.4 is 4.74 Å². The average Bonchev–Trinajstić information content (AvgIpc) is 2.72. The molecule has 1 aromatic carbocycles. The van der Waals surface area contributed by atoms with Crippen molar-refractivity contribution in [2.24, 2.45) is 0 Å². The summed E-state index contributed by atoms with van der Waals surface area (Å²) in [7, 11) is 0. The van der Waals surface area contributed by atoms with E-state index in [0.29, 0.717) is 28.1 Å². The van der Waals surface area contributed by atoms with E-state index in [1.807, 2.05) is 25.1 Å². The molecule has 1 heterocycles. The third kappa shape index (κ3) is 3.82. The molecule has 0 saturated carbocycles. The monoisotopic (exact) mass is 461 g/mol. The normalized spacial score (nSPS) is 16.5. The Morgan fingerprint density at radius 3 is 2.55 bits per heavy atom. The second-order valence-corrected chi connectivity index (χ2v) is 7.72. The number of thiocarbonyl (C=S) groups is 1. The van der Waals surface area contributed by atoms with Crippen molar-refractivity contribution in [3.8, 4) is 5.75 Å². The first-order valence-corrected chi connectivity index (χ1v) is 9.27. The van der Waals surface area contributed by atoms with Crippen LogP contribution in [-0.2, 0) is 4.79 Å². The molecule has 0 N–H and O–H groups in total. The minimum absolute atomic E-state index is 0.0447. The van der Waals surface area contributed by atoms with Gasteiger partial charge in [0, 0.05) is 6.54 Å². The fourth-order valence-electron chi connectivity index (χ4n) is 1.87. The molecule has 0 radical (unpaired) electrons. The van der Waals surface area contributed by atoms with Gasteiger partial charge in [0.1, 0.15) is 16.7 Å². The lowest BCUT2D eigenvalue weighted by Gasteiger charge is -2.10. The SMILES string of the molecule is C=CCOc1c(Br)cc(/C=C2\SC(=S)N(CC)C2=O)cc1Br. The van der Waals surface area contributed by atoms with Crippen LogP contribution in [0.15, 0.2) is 38.6 Å². The number of carbonyl (C=O) groups is 1. The molecular formula is C15H13Br2NO2S2. The predicted octanol–water partition coefficient (Wildman–Crippen LogP) is 5.00. The van der Waals surface area contributed by atoms with E-state index in [4.69, 9.17) is 17.0 Å². The Morgan fingerprint density at radius 2 is 2.05 bits per heavy atom. The molecule has 1 saturated heterocycles. The third-order valence-corrected chi connectivity index (χ3v) is 5.41. The Morgan fingerprint density at radius 1 is 1.41 bits per heavy atom. The van der Waals surface area contributed by atoms with Crippen molar-refractivity contribution in [2.45, 2.75) is 6.92 Å². The van der Waals surface area contributed by atoms with Gasteiger partial charge in [0.05, 0.1) is 13.9 Å². The van der Waals surface area contributed by atoms with Crippen LogP contribution in [0.2, 0.25) is 0 Å². The molecule has 0 unspecified atom stereocenters. The van der Waals surface area contributed by atoms with Crippen molar-refractivity contribution < 1.29 is 9.53 Å². The van der Waals surface area contributed by atoms with E-state index in [9.17, 15) is 4.79 Å². The summed E-state index contributed by atoms with van der Waals surface area (Å²) in [5, 5.41) is 0. The molecule has 0 bridgehead atoms. The Labute approximate surface area is 156 Å². The summed E-state index contributed by atoms with van der Waals surface area (Å²) in [6.07, 6.45) is 3.52. The number of ether oxygens (including phenoxy) is 1. The first kappa shape index (κ1) is 17.7. The van der Waals surface area contributed by atoms with Crippen molar-refractivity contribution in [1.82, 2.24) is 4.90 Å². The second-order valence-electron chi connectivity index (χ2n) is 4.34. The Bertz CT molecular complexity index is 651. The zero-order chi connectivity index (χ0) is 16.3. The van der Waals surface area contributed by atoms with Gasteiger partial charge >= 0.3 is 0 Å². The van der Waals surface area contributed by atoms with Crippen LogP contribution in [0.3, 0.4) is 0 Å². The van der Waals surface area contributed by atoms with Crippen molar-refractivity contribution in [3.63, 3.8) is 0 Å². The number of thioether (sulfide) groups is 1. The van der Waals surface area contributed by atoms with Crippen LogP contribution >= 0.6 is 55.8 Å². The van der Waals surface area contributed by atoms with E-state index in [1.165, 1.54) is 11.8 Å². The molecule has 22 heavy (non-hydrogen) atoms. The molecule has 116 valence electrons. The van der Waals surface area contributed by atoms with E-state index in [0.717, 1.165) is 14.5 Å². The summed E-state index contributed by atoms with van der Waals surface area (Å²) < 4.78 is 7.79. The maximum atomic E-state index is 12.2. The highest BCUT2D eigenvalue weighted by Gasteiger charge is 2.30. The van der Waals surface area contributed by atoms with Crippen molar-refractivity contribution >= 4 is 72.1 Å². The van der Waals surface area contributed by atoms with Crippen molar-refractivity contribution in [1.29, 1.82) is 0 Å². The number of carbonyl (C=O) groups excluding carboxylic acids is 1. The molecule has 0 atom stereocenters. The Hall–Kier alpha value is -0.630. The van der Waals surface area contributed by atoms with Crippen molar-refractivity contribution in [3.05, 3.63) is 44.2 Å². The fraction of sp³-hybridized carbons (Fsp3) is 0.200. The van der Waals surface area contributed by atoms with E-state index >= 15 is 0 Å². The van der Waals surface area contributed by atoms with Crippen LogP contribution in [-0.4, -0.2) is 28.3 Å². The maximum Gasteiger partial charge on any atom is 0.266 e. The summed E-state index contributed by atoms with van der Waals surface area (Å²) in [5.74, 6) is 0.662. The summed E-state index contributed by atoms with van der Waals surface area (Å²) >= 11 is 13.5. The maximum absolute atomic E-state index is 12.2. The van der Waals surface area contributed by atoms with Crippen LogP contribution in [0.5, 0.6) is 5.75 Å². The predicted molar refractivity (Wildman–Crippen MR) is 103 cm³/mol. The number of halogens is 2. The Kier molecular flexibility index (Phi) is 6.26. The lowest BCUT2D eigenvalue weighted by molar-refractivity contribution is -0.121. The highest BCUT2D eigenvalue weighted by atomic mass is 79.9. The smallest absolute Gasteiger partial charge is 0.266 e. The summed E-state index contributed by atoms with van der Waals surface area (Å²) in [6, 6.07) is 3.81. The van der Waals surface area contributed by atoms with Gasteiger partial charge in [-0.05, 0) is 62.6 Å². The molecular weight excluding hydrogens is 450 g/mol. The molecule has 7 heteroatoms. The van der Waals surface area contributed by atoms with Crippen LogP contribution in [0.1, 0.15) is 12.5 Å². The molecule has 1 fully saturated rings. The molecule has 1 aromatic rings. The minimum atomic E-state index is -0.0447. The summed E-state index contributed by atoms with van der Waals surface area (Å²) in [4.78, 5) is 14.4. The lowest BCUT2D eigenvalue weighted by atomic mass is 10.2. The van der Waals surface area contributed by atoms with Crippen LogP contribution in [0.4, 0.5) is 0 Å². The third-order valence-electron chi connectivity index (χ3n) is 2.85. The fourth-order valence-corrected chi connectivity index (χ4v) is 4.70. The van der Waals surface area contributed by atoms with Crippen LogP contribution in [0.25, 0.3) is 6.08 Å². The zero-order valence-electron chi connectivity index (χ0n) is 11.8. The minimum Gasteiger partial charge on any atom is -0.487 e. The molecule has 3 nitrogen and oxygen atoms in total. The van der Waals surface area contributed by atoms with E-state index in [1.54, 1.807) is 11.0 Å². The molecule has 1 amide bonds. The number of hydrogen-bond acceptors (Lipinski definition) is 4. The van der Waals surface area contributed by atoms with E-state index < -0.39 is 0 Å². The Balaban J connectivity index is 2.31. The standard InChI is InChI=1S/C15H13Br2NO2S2/c1-3-5-20-13-10(16)6-9(7-11(13)17)8-12-14(19)18(4-2)15(21)22-12/h3,6-8H,1,4-5H2,2H3/b12-8-. The highest BCUT2D eigenvalue weighted by Crippen LogP contribution is 2.37. The topological polar surface area (TPSA) is 29.5 Å². The number of rotatable bonds is 5. The average molecular weight is 463 g/mol. The quantitative estimate of drug-likeness (QED) is 0.350. The van der Waals surface area contributed by atoms with Crippen LogP contribution in [0, 0.1) is 0 Å². The second kappa shape index (κ2) is 7.77. The number of nitrogens with zero attached hydrogens (tertiary/aromatic N) is 1. The summed E-state index contributed by atoms with van der Waals surface area (Å²) in [5.41, 5.74) is 0.890. The van der Waals surface area contributed by atoms with Gasteiger partial charge in [-0.15, -0.1) is 0 Å². The number of benzene rings is 1. The van der Waals surface area contributed by atoms with Gasteiger partial charge in [0.15, 0.2) is 0 Å². The number of likely N-dealkylation sites (N-methyl/N-ethyl adjacent to an activating group) is 1. The van der Waals surface area contributed by atoms with Gasteiger partial charge in [0.2, 0.25) is 0 Å². The van der Waals surface area contributed by atoms with E-state index in [-0.39, 0.29) is 5.91 Å². The number of amides is 1. The molecule has 0 spiro atoms. The van der Waals surface area contributed by atoms with Crippen molar-refractivity contribution in [2.75, 3.05) is 13.2 Å². The van der Waals surface area contributed by atoms with Gasteiger partial charge < -0.3 is 4.74 Å². The molecule has 1 aliphatic heterocycles. The van der Waals surface area contributed by atoms with Gasteiger partial charge in [-0.2, -0.15) is 0 Å². The lowest BCUT2D eigenvalue weighted by Crippen LogP contribution is -2.27. The van der Waals surface area contributed by atoms with E-state index in [2.05, 4.69) is 38.4 Å². The molecule has 0 aromatic heterocycles. The molecule has 1 aliphatic rings.